The van der Waals surface area contributed by atoms with Crippen LogP contribution in [0.15, 0.2) is 42.9 Å². The van der Waals surface area contributed by atoms with Gasteiger partial charge in [-0.2, -0.15) is 0 Å². The van der Waals surface area contributed by atoms with Gasteiger partial charge >= 0.3 is 0 Å². The molecule has 1 aliphatic heterocycles. The number of benzene rings is 1. The SMILES string of the molecule is CN(Cc1cncn1C1CCCCC1)CC1CNNC1c1ccccc1. The lowest BCUT2D eigenvalue weighted by molar-refractivity contribution is 0.250. The van der Waals surface area contributed by atoms with E-state index >= 15 is 0 Å². The number of hydrogen-bond donors (Lipinski definition) is 2. The molecule has 2 aliphatic rings. The molecule has 2 N–H and O–H groups in total. The van der Waals surface area contributed by atoms with Crippen molar-refractivity contribution >= 4 is 0 Å². The lowest BCUT2D eigenvalue weighted by atomic mass is 9.94. The van der Waals surface area contributed by atoms with E-state index in [-0.39, 0.29) is 0 Å². The van der Waals surface area contributed by atoms with Crippen LogP contribution in [0.3, 0.4) is 0 Å². The fraction of sp³-hybridized carbons (Fsp3) is 0.571. The van der Waals surface area contributed by atoms with Crippen LogP contribution in [0.5, 0.6) is 0 Å². The van der Waals surface area contributed by atoms with Gasteiger partial charge in [-0.3, -0.25) is 5.43 Å². The van der Waals surface area contributed by atoms with Crippen LogP contribution in [0.25, 0.3) is 0 Å². The average Bonchev–Trinajstić information content (AvgIpc) is 3.32. The second-order valence-electron chi connectivity index (χ2n) is 7.95. The predicted molar refractivity (Wildman–Crippen MR) is 104 cm³/mol. The van der Waals surface area contributed by atoms with Gasteiger partial charge in [0.2, 0.25) is 0 Å². The first-order valence-corrected chi connectivity index (χ1v) is 10.0. The Labute approximate surface area is 156 Å². The molecule has 2 atom stereocenters. The van der Waals surface area contributed by atoms with Crippen molar-refractivity contribution in [3.63, 3.8) is 0 Å². The molecule has 1 saturated heterocycles. The summed E-state index contributed by atoms with van der Waals surface area (Å²) in [4.78, 5) is 6.91. The fourth-order valence-electron chi connectivity index (χ4n) is 4.61. The zero-order valence-electron chi connectivity index (χ0n) is 15.8. The molecular formula is C21H31N5. The predicted octanol–water partition coefficient (Wildman–Crippen LogP) is 3.29. The van der Waals surface area contributed by atoms with Crippen molar-refractivity contribution in [2.75, 3.05) is 20.1 Å². The lowest BCUT2D eigenvalue weighted by Gasteiger charge is -2.28. The van der Waals surface area contributed by atoms with Gasteiger partial charge in [-0.1, -0.05) is 49.6 Å². The molecule has 4 rings (SSSR count). The van der Waals surface area contributed by atoms with Gasteiger partial charge in [0.25, 0.3) is 0 Å². The summed E-state index contributed by atoms with van der Waals surface area (Å²) in [5.41, 5.74) is 9.53. The Morgan fingerprint density at radius 2 is 1.96 bits per heavy atom. The zero-order valence-corrected chi connectivity index (χ0v) is 15.8. The largest absolute Gasteiger partial charge is 0.330 e. The summed E-state index contributed by atoms with van der Waals surface area (Å²) in [7, 11) is 2.23. The monoisotopic (exact) mass is 353 g/mol. The summed E-state index contributed by atoms with van der Waals surface area (Å²) in [5.74, 6) is 0.563. The van der Waals surface area contributed by atoms with Gasteiger partial charge in [-0.15, -0.1) is 0 Å². The minimum absolute atomic E-state index is 0.377. The quantitative estimate of drug-likeness (QED) is 0.836. The van der Waals surface area contributed by atoms with E-state index in [0.717, 1.165) is 19.6 Å². The number of imidazole rings is 1. The van der Waals surface area contributed by atoms with Crippen molar-refractivity contribution < 1.29 is 0 Å². The van der Waals surface area contributed by atoms with Crippen molar-refractivity contribution in [3.05, 3.63) is 54.1 Å². The highest BCUT2D eigenvalue weighted by Crippen LogP contribution is 2.30. The molecule has 0 radical (unpaired) electrons. The van der Waals surface area contributed by atoms with Gasteiger partial charge in [-0.25, -0.2) is 10.4 Å². The Kier molecular flexibility index (Phi) is 5.68. The van der Waals surface area contributed by atoms with Crippen LogP contribution in [0.4, 0.5) is 0 Å². The number of aromatic nitrogens is 2. The molecule has 0 amide bonds. The van der Waals surface area contributed by atoms with Crippen molar-refractivity contribution in [3.8, 4) is 0 Å². The van der Waals surface area contributed by atoms with Crippen LogP contribution >= 0.6 is 0 Å². The van der Waals surface area contributed by atoms with Gasteiger partial charge in [0, 0.05) is 37.8 Å². The molecule has 2 unspecified atom stereocenters. The number of nitrogens with one attached hydrogen (secondary N) is 2. The van der Waals surface area contributed by atoms with E-state index in [4.69, 9.17) is 0 Å². The molecule has 1 aliphatic carbocycles. The van der Waals surface area contributed by atoms with Gasteiger partial charge in [0.15, 0.2) is 0 Å². The highest BCUT2D eigenvalue weighted by atomic mass is 15.4. The van der Waals surface area contributed by atoms with Crippen LogP contribution in [0.2, 0.25) is 0 Å². The molecule has 26 heavy (non-hydrogen) atoms. The number of hydrogen-bond acceptors (Lipinski definition) is 4. The Bertz CT molecular complexity index is 677. The molecule has 1 aromatic heterocycles. The average molecular weight is 354 g/mol. The molecule has 0 spiro atoms. The minimum Gasteiger partial charge on any atom is -0.330 e. The maximum atomic E-state index is 4.46. The Hall–Kier alpha value is -1.69. The van der Waals surface area contributed by atoms with Gasteiger partial charge < -0.3 is 9.47 Å². The first-order chi connectivity index (χ1) is 12.8. The molecule has 1 aromatic carbocycles. The Balaban J connectivity index is 1.38. The standard InChI is InChI=1S/C21H31N5/c1-25(14-18-12-23-24-21(18)17-8-4-2-5-9-17)15-20-13-22-16-26(20)19-10-6-3-7-11-19/h2,4-5,8-9,13,16,18-19,21,23-24H,3,6-7,10-12,14-15H2,1H3. The highest BCUT2D eigenvalue weighted by Gasteiger charge is 2.29. The van der Waals surface area contributed by atoms with Crippen molar-refractivity contribution in [1.29, 1.82) is 0 Å². The molecule has 5 nitrogen and oxygen atoms in total. The molecule has 0 bridgehead atoms. The van der Waals surface area contributed by atoms with E-state index in [1.807, 2.05) is 6.33 Å². The third kappa shape index (κ3) is 4.00. The van der Waals surface area contributed by atoms with E-state index in [9.17, 15) is 0 Å². The number of rotatable bonds is 6. The summed E-state index contributed by atoms with van der Waals surface area (Å²) in [5, 5.41) is 0. The van der Waals surface area contributed by atoms with Crippen LogP contribution in [0, 0.1) is 5.92 Å². The van der Waals surface area contributed by atoms with E-state index in [0.29, 0.717) is 18.0 Å². The molecular weight excluding hydrogens is 322 g/mol. The molecule has 2 heterocycles. The van der Waals surface area contributed by atoms with E-state index in [1.165, 1.54) is 43.4 Å². The second kappa shape index (κ2) is 8.33. The van der Waals surface area contributed by atoms with Gasteiger partial charge in [0.1, 0.15) is 0 Å². The maximum Gasteiger partial charge on any atom is 0.0951 e. The molecule has 2 aromatic rings. The second-order valence-corrected chi connectivity index (χ2v) is 7.95. The first-order valence-electron chi connectivity index (χ1n) is 10.0. The number of hydrazine groups is 1. The topological polar surface area (TPSA) is 45.1 Å². The number of nitrogens with zero attached hydrogens (tertiary/aromatic N) is 3. The third-order valence-corrected chi connectivity index (χ3v) is 5.94. The summed E-state index contributed by atoms with van der Waals surface area (Å²) < 4.78 is 2.44. The summed E-state index contributed by atoms with van der Waals surface area (Å²) in [6.07, 6.45) is 10.8. The summed E-state index contributed by atoms with van der Waals surface area (Å²) in [6.45, 7) is 3.04. The van der Waals surface area contributed by atoms with Crippen molar-refractivity contribution in [1.82, 2.24) is 25.3 Å². The Morgan fingerprint density at radius 3 is 2.77 bits per heavy atom. The highest BCUT2D eigenvalue weighted by molar-refractivity contribution is 5.20. The van der Waals surface area contributed by atoms with Crippen molar-refractivity contribution in [2.24, 2.45) is 5.92 Å². The maximum absolute atomic E-state index is 4.46. The zero-order chi connectivity index (χ0) is 17.8. The molecule has 1 saturated carbocycles. The normalized spacial score (nSPS) is 24.4. The molecule has 5 heteroatoms. The Morgan fingerprint density at radius 1 is 1.15 bits per heavy atom. The van der Waals surface area contributed by atoms with E-state index < -0.39 is 0 Å². The molecule has 2 fully saturated rings. The third-order valence-electron chi connectivity index (χ3n) is 5.94. The van der Waals surface area contributed by atoms with Crippen LogP contribution < -0.4 is 10.9 Å². The van der Waals surface area contributed by atoms with Crippen LogP contribution in [-0.4, -0.2) is 34.6 Å². The van der Waals surface area contributed by atoms with Crippen LogP contribution in [-0.2, 0) is 6.54 Å². The summed E-state index contributed by atoms with van der Waals surface area (Å²) in [6, 6.07) is 11.8. The van der Waals surface area contributed by atoms with Crippen molar-refractivity contribution in [2.45, 2.75) is 50.7 Å². The first kappa shape index (κ1) is 17.7. The smallest absolute Gasteiger partial charge is 0.0951 e. The van der Waals surface area contributed by atoms with Gasteiger partial charge in [0.05, 0.1) is 18.1 Å². The fourth-order valence-corrected chi connectivity index (χ4v) is 4.61. The van der Waals surface area contributed by atoms with E-state index in [2.05, 4.69) is 68.9 Å². The van der Waals surface area contributed by atoms with Gasteiger partial charge in [-0.05, 0) is 25.5 Å². The summed E-state index contributed by atoms with van der Waals surface area (Å²) >= 11 is 0. The lowest BCUT2D eigenvalue weighted by Crippen LogP contribution is -2.31. The minimum atomic E-state index is 0.377. The molecule has 140 valence electrons. The van der Waals surface area contributed by atoms with Crippen LogP contribution in [0.1, 0.15) is 55.4 Å². The van der Waals surface area contributed by atoms with E-state index in [1.54, 1.807) is 0 Å².